The van der Waals surface area contributed by atoms with Gasteiger partial charge in [0.25, 0.3) is 5.91 Å². The van der Waals surface area contributed by atoms with Gasteiger partial charge in [-0.1, -0.05) is 17.7 Å². The van der Waals surface area contributed by atoms with Gasteiger partial charge in [-0.2, -0.15) is 0 Å². The highest BCUT2D eigenvalue weighted by Crippen LogP contribution is 2.30. The highest BCUT2D eigenvalue weighted by Gasteiger charge is 2.19. The van der Waals surface area contributed by atoms with E-state index in [2.05, 4.69) is 16.4 Å². The first-order chi connectivity index (χ1) is 11.5. The second-order valence-corrected chi connectivity index (χ2v) is 6.76. The Labute approximate surface area is 147 Å². The van der Waals surface area contributed by atoms with E-state index >= 15 is 0 Å². The lowest BCUT2D eigenvalue weighted by molar-refractivity contribution is 0.0718. The van der Waals surface area contributed by atoms with Gasteiger partial charge in [-0.25, -0.2) is 4.98 Å². The van der Waals surface area contributed by atoms with E-state index in [9.17, 15) is 4.79 Å². The molecule has 4 nitrogen and oxygen atoms in total. The largest absolute Gasteiger partial charge is 0.353 e. The second kappa shape index (κ2) is 7.22. The molecule has 1 aliphatic heterocycles. The summed E-state index contributed by atoms with van der Waals surface area (Å²) in [5, 5.41) is 3.98. The predicted molar refractivity (Wildman–Crippen MR) is 98.2 cm³/mol. The molecule has 126 valence electrons. The smallest absolute Gasteiger partial charge is 0.272 e. The van der Waals surface area contributed by atoms with Crippen molar-refractivity contribution in [2.24, 2.45) is 0 Å². The summed E-state index contributed by atoms with van der Waals surface area (Å²) in [6.07, 6.45) is 5.05. The van der Waals surface area contributed by atoms with E-state index in [-0.39, 0.29) is 5.91 Å². The summed E-state index contributed by atoms with van der Waals surface area (Å²) in [6.45, 7) is 5.70. The molecule has 0 radical (unpaired) electrons. The number of carbonyl (C=O) groups excluding carboxylic acids is 1. The molecule has 0 unspecified atom stereocenters. The minimum absolute atomic E-state index is 0.0193. The molecule has 5 heteroatoms. The van der Waals surface area contributed by atoms with Crippen molar-refractivity contribution in [2.75, 3.05) is 18.4 Å². The Morgan fingerprint density at radius 3 is 2.54 bits per heavy atom. The maximum atomic E-state index is 12.4. The number of hydrogen-bond donors (Lipinski definition) is 1. The van der Waals surface area contributed by atoms with Crippen molar-refractivity contribution in [1.82, 2.24) is 9.88 Å². The molecule has 2 aromatic rings. The summed E-state index contributed by atoms with van der Waals surface area (Å²) < 4.78 is 0. The summed E-state index contributed by atoms with van der Waals surface area (Å²) in [6, 6.07) is 7.66. The number of pyridine rings is 1. The third kappa shape index (κ3) is 3.70. The topological polar surface area (TPSA) is 45.2 Å². The number of halogens is 1. The Hall–Kier alpha value is -2.07. The fourth-order valence-corrected chi connectivity index (χ4v) is 3.44. The lowest BCUT2D eigenvalue weighted by atomic mass is 10.1. The molecule has 0 bridgehead atoms. The number of amides is 1. The van der Waals surface area contributed by atoms with E-state index in [0.717, 1.165) is 48.4 Å². The molecular weight excluding hydrogens is 322 g/mol. The Morgan fingerprint density at radius 2 is 1.92 bits per heavy atom. The Balaban J connectivity index is 1.74. The van der Waals surface area contributed by atoms with E-state index in [1.54, 1.807) is 12.3 Å². The van der Waals surface area contributed by atoms with Gasteiger partial charge in [0.05, 0.1) is 22.6 Å². The van der Waals surface area contributed by atoms with Gasteiger partial charge < -0.3 is 10.2 Å². The van der Waals surface area contributed by atoms with E-state index in [1.165, 1.54) is 6.42 Å². The van der Waals surface area contributed by atoms with Gasteiger partial charge in [-0.15, -0.1) is 0 Å². The molecular formula is C19H22ClN3O. The van der Waals surface area contributed by atoms with Crippen molar-refractivity contribution in [3.8, 4) is 0 Å². The summed E-state index contributed by atoms with van der Waals surface area (Å²) >= 11 is 6.32. The maximum Gasteiger partial charge on any atom is 0.272 e. The Bertz CT molecular complexity index is 714. The van der Waals surface area contributed by atoms with E-state index < -0.39 is 0 Å². The Kier molecular flexibility index (Phi) is 5.05. The number of hydrogen-bond acceptors (Lipinski definition) is 3. The van der Waals surface area contributed by atoms with Crippen molar-refractivity contribution in [1.29, 1.82) is 0 Å². The number of aromatic nitrogens is 1. The van der Waals surface area contributed by atoms with Crippen LogP contribution in [-0.2, 0) is 0 Å². The molecule has 1 aromatic carbocycles. The number of nitrogens with one attached hydrogen (secondary N) is 1. The molecule has 3 rings (SSSR count). The molecule has 2 heterocycles. The summed E-state index contributed by atoms with van der Waals surface area (Å²) in [5.74, 6) is 0.0193. The molecule has 1 aliphatic rings. The number of benzene rings is 1. The van der Waals surface area contributed by atoms with Gasteiger partial charge in [0.1, 0.15) is 5.69 Å². The van der Waals surface area contributed by atoms with Crippen molar-refractivity contribution >= 4 is 28.9 Å². The zero-order valence-corrected chi connectivity index (χ0v) is 14.9. The van der Waals surface area contributed by atoms with E-state index in [1.807, 2.05) is 30.9 Å². The van der Waals surface area contributed by atoms with Crippen LogP contribution in [0.4, 0.5) is 11.4 Å². The summed E-state index contributed by atoms with van der Waals surface area (Å²) in [7, 11) is 0. The molecule has 0 atom stereocenters. The van der Waals surface area contributed by atoms with Crippen LogP contribution in [0.25, 0.3) is 0 Å². The predicted octanol–water partition coefficient (Wildman–Crippen LogP) is 4.72. The van der Waals surface area contributed by atoms with Gasteiger partial charge in [-0.3, -0.25) is 4.79 Å². The monoisotopic (exact) mass is 343 g/mol. The van der Waals surface area contributed by atoms with Gasteiger partial charge >= 0.3 is 0 Å². The Morgan fingerprint density at radius 1 is 1.17 bits per heavy atom. The summed E-state index contributed by atoms with van der Waals surface area (Å²) in [4.78, 5) is 18.7. The maximum absolute atomic E-state index is 12.4. The van der Waals surface area contributed by atoms with Crippen LogP contribution in [0.5, 0.6) is 0 Å². The fraction of sp³-hybridized carbons (Fsp3) is 0.368. The van der Waals surface area contributed by atoms with Crippen LogP contribution < -0.4 is 5.32 Å². The number of aryl methyl sites for hydroxylation is 2. The number of piperidine rings is 1. The molecule has 1 aromatic heterocycles. The third-order valence-corrected chi connectivity index (χ3v) is 4.63. The third-order valence-electron chi connectivity index (χ3n) is 4.33. The zero-order valence-electron chi connectivity index (χ0n) is 14.1. The van der Waals surface area contributed by atoms with E-state index in [4.69, 9.17) is 11.6 Å². The number of anilines is 2. The van der Waals surface area contributed by atoms with Crippen LogP contribution in [0.2, 0.25) is 5.02 Å². The fourth-order valence-electron chi connectivity index (χ4n) is 3.07. The lowest BCUT2D eigenvalue weighted by Gasteiger charge is -2.26. The second-order valence-electron chi connectivity index (χ2n) is 6.35. The average Bonchev–Trinajstić information content (AvgIpc) is 2.59. The molecule has 0 aliphatic carbocycles. The zero-order chi connectivity index (χ0) is 17.1. The number of nitrogens with zero attached hydrogens (tertiary/aromatic N) is 2. The van der Waals surface area contributed by atoms with Crippen LogP contribution in [0, 0.1) is 13.8 Å². The molecule has 1 amide bonds. The van der Waals surface area contributed by atoms with Gasteiger partial charge in [-0.05, 0) is 62.4 Å². The van der Waals surface area contributed by atoms with Crippen LogP contribution in [0.3, 0.4) is 0 Å². The van der Waals surface area contributed by atoms with Crippen LogP contribution >= 0.6 is 11.6 Å². The van der Waals surface area contributed by atoms with Crippen molar-refractivity contribution in [3.63, 3.8) is 0 Å². The highest BCUT2D eigenvalue weighted by atomic mass is 35.5. The van der Waals surface area contributed by atoms with Crippen molar-refractivity contribution in [2.45, 2.75) is 33.1 Å². The van der Waals surface area contributed by atoms with Gasteiger partial charge in [0.2, 0.25) is 0 Å². The number of carbonyl (C=O) groups is 1. The standard InChI is InChI=1S/C19H22ClN3O/c1-13-10-14(2)18(16(20)11-13)22-15-6-7-17(21-12-15)19(24)23-8-4-3-5-9-23/h6-7,10-12,22H,3-5,8-9H2,1-2H3. The minimum atomic E-state index is 0.0193. The van der Waals surface area contributed by atoms with Gasteiger partial charge in [0, 0.05) is 13.1 Å². The SMILES string of the molecule is Cc1cc(C)c(Nc2ccc(C(=O)N3CCCCC3)nc2)c(Cl)c1. The number of likely N-dealkylation sites (tertiary alicyclic amines) is 1. The molecule has 24 heavy (non-hydrogen) atoms. The first kappa shape index (κ1) is 16.8. The average molecular weight is 344 g/mol. The van der Waals surface area contributed by atoms with E-state index in [0.29, 0.717) is 10.7 Å². The number of rotatable bonds is 3. The van der Waals surface area contributed by atoms with Gasteiger partial charge in [0.15, 0.2) is 0 Å². The molecule has 1 N–H and O–H groups in total. The normalized spacial score (nSPS) is 14.5. The first-order valence-corrected chi connectivity index (χ1v) is 8.71. The summed E-state index contributed by atoms with van der Waals surface area (Å²) in [5.41, 5.74) is 4.39. The molecule has 1 fully saturated rings. The minimum Gasteiger partial charge on any atom is -0.353 e. The van der Waals surface area contributed by atoms with Crippen LogP contribution in [-0.4, -0.2) is 28.9 Å². The highest BCUT2D eigenvalue weighted by molar-refractivity contribution is 6.33. The van der Waals surface area contributed by atoms with Crippen molar-refractivity contribution in [3.05, 3.63) is 52.3 Å². The quantitative estimate of drug-likeness (QED) is 0.876. The molecule has 1 saturated heterocycles. The van der Waals surface area contributed by atoms with Crippen LogP contribution in [0.15, 0.2) is 30.5 Å². The molecule has 0 spiro atoms. The van der Waals surface area contributed by atoms with Crippen molar-refractivity contribution < 1.29 is 4.79 Å². The van der Waals surface area contributed by atoms with Crippen LogP contribution in [0.1, 0.15) is 40.9 Å². The molecule has 0 saturated carbocycles. The lowest BCUT2D eigenvalue weighted by Crippen LogP contribution is -2.36. The first-order valence-electron chi connectivity index (χ1n) is 8.34.